The van der Waals surface area contributed by atoms with Crippen molar-refractivity contribution in [1.82, 2.24) is 9.99 Å². The van der Waals surface area contributed by atoms with Gasteiger partial charge in [0.05, 0.1) is 0 Å². The van der Waals surface area contributed by atoms with Crippen LogP contribution in [0.25, 0.3) is 0 Å². The molecule has 0 unspecified atom stereocenters. The summed E-state index contributed by atoms with van der Waals surface area (Å²) >= 11 is 5.92. The van der Waals surface area contributed by atoms with E-state index in [4.69, 9.17) is 16.3 Å². The van der Waals surface area contributed by atoms with Crippen molar-refractivity contribution in [3.63, 3.8) is 0 Å². The number of aromatic nitrogens is 1. The van der Waals surface area contributed by atoms with E-state index in [1.54, 1.807) is 48.3 Å². The second-order valence-corrected chi connectivity index (χ2v) is 7.81. The minimum Gasteiger partial charge on any atom is -0.386 e. The summed E-state index contributed by atoms with van der Waals surface area (Å²) in [5, 5.41) is 37.4. The standard InChI is InChI=1S/C20H23ClN4O4/c1-20(28)16(27)19(29-17(20)15(26)11-3-5-12(21)6-4-11)25-10-8-13-14(25)7-9-23-18(13)24-22-2/h3-6,8-10,15-17,19,22,26-28H,7H2,1-2H3/b24-18+/t15-,16+,17-,19-,20+/m1/s1. The minimum atomic E-state index is -1.68. The van der Waals surface area contributed by atoms with Crippen LogP contribution in [-0.4, -0.2) is 56.8 Å². The van der Waals surface area contributed by atoms with Crippen LogP contribution >= 0.6 is 11.6 Å². The Bertz CT molecular complexity index is 954. The Balaban J connectivity index is 1.66. The van der Waals surface area contributed by atoms with Gasteiger partial charge in [-0.3, -0.25) is 0 Å². The number of hydrogen-bond donors (Lipinski definition) is 4. The van der Waals surface area contributed by atoms with Crippen molar-refractivity contribution < 1.29 is 20.1 Å². The molecular weight excluding hydrogens is 396 g/mol. The quantitative estimate of drug-likeness (QED) is 0.561. The highest BCUT2D eigenvalue weighted by molar-refractivity contribution is 6.30. The van der Waals surface area contributed by atoms with Gasteiger partial charge >= 0.3 is 0 Å². The Morgan fingerprint density at radius 1 is 1.34 bits per heavy atom. The fraction of sp³-hybridized carbons (Fsp3) is 0.400. The number of nitrogens with zero attached hydrogens (tertiary/aromatic N) is 3. The first-order chi connectivity index (χ1) is 13.8. The first-order valence-corrected chi connectivity index (χ1v) is 9.69. The van der Waals surface area contributed by atoms with E-state index in [0.29, 0.717) is 22.8 Å². The van der Waals surface area contributed by atoms with Crippen LogP contribution in [0.1, 0.15) is 36.1 Å². The number of nitrogens with one attached hydrogen (secondary N) is 1. The molecule has 1 aromatic carbocycles. The summed E-state index contributed by atoms with van der Waals surface area (Å²) in [5.41, 5.74) is 3.26. The van der Waals surface area contributed by atoms with Crippen LogP contribution in [0.2, 0.25) is 5.02 Å². The molecule has 2 aliphatic rings. The molecule has 0 aliphatic carbocycles. The van der Waals surface area contributed by atoms with Crippen molar-refractivity contribution in [2.45, 2.75) is 43.5 Å². The molecule has 1 aromatic heterocycles. The fourth-order valence-corrected chi connectivity index (χ4v) is 4.01. The van der Waals surface area contributed by atoms with Gasteiger partial charge in [-0.05, 0) is 30.7 Å². The van der Waals surface area contributed by atoms with Gasteiger partial charge in [0.2, 0.25) is 0 Å². The molecule has 5 atom stereocenters. The third kappa shape index (κ3) is 3.37. The predicted octanol–water partition coefficient (Wildman–Crippen LogP) is 1.39. The molecule has 3 heterocycles. The van der Waals surface area contributed by atoms with Gasteiger partial charge in [-0.15, -0.1) is 0 Å². The van der Waals surface area contributed by atoms with E-state index in [1.807, 2.05) is 6.07 Å². The largest absolute Gasteiger partial charge is 0.386 e. The number of hydrogen-bond acceptors (Lipinski definition) is 6. The summed E-state index contributed by atoms with van der Waals surface area (Å²) in [6.07, 6.45) is -0.275. The normalized spacial score (nSPS) is 31.1. The van der Waals surface area contributed by atoms with E-state index in [-0.39, 0.29) is 0 Å². The molecule has 1 saturated heterocycles. The summed E-state index contributed by atoms with van der Waals surface area (Å²) in [7, 11) is 1.69. The molecule has 0 spiro atoms. The second kappa shape index (κ2) is 7.55. The van der Waals surface area contributed by atoms with Gasteiger partial charge < -0.3 is 30.0 Å². The number of aliphatic imine (C=N–C) groups is 1. The molecule has 154 valence electrons. The number of hydrazone groups is 1. The molecule has 29 heavy (non-hydrogen) atoms. The van der Waals surface area contributed by atoms with E-state index in [0.717, 1.165) is 11.3 Å². The van der Waals surface area contributed by atoms with Crippen molar-refractivity contribution in [3.05, 3.63) is 58.4 Å². The van der Waals surface area contributed by atoms with Gasteiger partial charge in [0.15, 0.2) is 12.1 Å². The fourth-order valence-electron chi connectivity index (χ4n) is 3.89. The highest BCUT2D eigenvalue weighted by atomic mass is 35.5. The molecule has 0 amide bonds. The number of aliphatic hydroxyl groups excluding tert-OH is 2. The number of rotatable bonds is 4. The SMILES string of the molecule is CN/N=C1/N=CCc2c1ccn2[C@@H]1O[C@H]([C@H](O)c2ccc(Cl)cc2)[C@@](C)(O)[C@H]1O. The highest BCUT2D eigenvalue weighted by Gasteiger charge is 2.56. The number of halogens is 1. The lowest BCUT2D eigenvalue weighted by Gasteiger charge is -2.29. The highest BCUT2D eigenvalue weighted by Crippen LogP contribution is 2.43. The summed E-state index contributed by atoms with van der Waals surface area (Å²) in [5.74, 6) is 0.532. The monoisotopic (exact) mass is 418 g/mol. The van der Waals surface area contributed by atoms with Gasteiger partial charge in [-0.25, -0.2) is 4.99 Å². The Kier molecular flexibility index (Phi) is 5.22. The van der Waals surface area contributed by atoms with E-state index >= 15 is 0 Å². The predicted molar refractivity (Wildman–Crippen MR) is 109 cm³/mol. The van der Waals surface area contributed by atoms with Crippen LogP contribution in [0.5, 0.6) is 0 Å². The number of aliphatic hydroxyl groups is 3. The van der Waals surface area contributed by atoms with Gasteiger partial charge in [-0.1, -0.05) is 23.7 Å². The van der Waals surface area contributed by atoms with Crippen molar-refractivity contribution >= 4 is 23.7 Å². The number of amidine groups is 1. The van der Waals surface area contributed by atoms with Crippen LogP contribution in [0, 0.1) is 0 Å². The van der Waals surface area contributed by atoms with Crippen molar-refractivity contribution in [2.24, 2.45) is 10.1 Å². The van der Waals surface area contributed by atoms with Gasteiger partial charge in [-0.2, -0.15) is 5.10 Å². The minimum absolute atomic E-state index is 0.532. The van der Waals surface area contributed by atoms with Crippen molar-refractivity contribution in [3.8, 4) is 0 Å². The number of ether oxygens (including phenoxy) is 1. The summed E-state index contributed by atoms with van der Waals surface area (Å²) < 4.78 is 7.78. The zero-order valence-corrected chi connectivity index (χ0v) is 16.8. The van der Waals surface area contributed by atoms with Crippen LogP contribution in [-0.2, 0) is 11.2 Å². The maximum atomic E-state index is 11.0. The topological polar surface area (TPSA) is 112 Å². The molecule has 8 nitrogen and oxygen atoms in total. The van der Waals surface area contributed by atoms with E-state index in [1.165, 1.54) is 6.92 Å². The number of benzene rings is 1. The third-order valence-electron chi connectivity index (χ3n) is 5.48. The maximum absolute atomic E-state index is 11.0. The summed E-state index contributed by atoms with van der Waals surface area (Å²) in [6, 6.07) is 8.49. The Morgan fingerprint density at radius 3 is 2.76 bits per heavy atom. The molecule has 2 aromatic rings. The van der Waals surface area contributed by atoms with Crippen LogP contribution in [0.4, 0.5) is 0 Å². The summed E-state index contributed by atoms with van der Waals surface area (Å²) in [6.45, 7) is 1.47. The molecule has 1 fully saturated rings. The second-order valence-electron chi connectivity index (χ2n) is 7.37. The summed E-state index contributed by atoms with van der Waals surface area (Å²) in [4.78, 5) is 4.28. The van der Waals surface area contributed by atoms with Gasteiger partial charge in [0, 0.05) is 42.2 Å². The first kappa shape index (κ1) is 20.1. The Morgan fingerprint density at radius 2 is 2.07 bits per heavy atom. The number of fused-ring (bicyclic) bond motifs is 1. The van der Waals surface area contributed by atoms with Gasteiger partial charge in [0.25, 0.3) is 0 Å². The van der Waals surface area contributed by atoms with Crippen molar-refractivity contribution in [1.29, 1.82) is 0 Å². The van der Waals surface area contributed by atoms with Crippen molar-refractivity contribution in [2.75, 3.05) is 7.05 Å². The van der Waals surface area contributed by atoms with E-state index in [9.17, 15) is 15.3 Å². The Hall–Kier alpha value is -2.23. The van der Waals surface area contributed by atoms with E-state index in [2.05, 4.69) is 15.5 Å². The average molecular weight is 419 g/mol. The first-order valence-electron chi connectivity index (χ1n) is 9.31. The molecule has 2 aliphatic heterocycles. The molecule has 4 rings (SSSR count). The zero-order chi connectivity index (χ0) is 20.8. The van der Waals surface area contributed by atoms with Crippen LogP contribution < -0.4 is 5.43 Å². The molecule has 0 saturated carbocycles. The molecule has 0 bridgehead atoms. The molecule has 9 heteroatoms. The van der Waals surface area contributed by atoms with Gasteiger partial charge in [0.1, 0.15) is 23.9 Å². The zero-order valence-electron chi connectivity index (χ0n) is 16.0. The lowest BCUT2D eigenvalue weighted by atomic mass is 9.88. The van der Waals surface area contributed by atoms with Crippen LogP contribution in [0.3, 0.4) is 0 Å². The maximum Gasteiger partial charge on any atom is 0.180 e. The lowest BCUT2D eigenvalue weighted by molar-refractivity contribution is -0.115. The molecular formula is C20H23ClN4O4. The smallest absolute Gasteiger partial charge is 0.180 e. The lowest BCUT2D eigenvalue weighted by Crippen LogP contribution is -2.47. The van der Waals surface area contributed by atoms with Crippen LogP contribution in [0.15, 0.2) is 46.6 Å². The average Bonchev–Trinajstić information content (AvgIpc) is 3.22. The van der Waals surface area contributed by atoms with E-state index < -0.39 is 30.1 Å². The molecule has 0 radical (unpaired) electrons. The Labute approximate surface area is 173 Å². The molecule has 4 N–H and O–H groups in total. The third-order valence-corrected chi connectivity index (χ3v) is 5.74.